The van der Waals surface area contributed by atoms with Crippen molar-refractivity contribution < 1.29 is 4.74 Å². The van der Waals surface area contributed by atoms with Crippen LogP contribution in [0.1, 0.15) is 40.8 Å². The van der Waals surface area contributed by atoms with Crippen molar-refractivity contribution in [3.63, 3.8) is 0 Å². The average Bonchev–Trinajstić information content (AvgIpc) is 3.12. The van der Waals surface area contributed by atoms with E-state index in [1.807, 2.05) is 16.8 Å². The van der Waals surface area contributed by atoms with Gasteiger partial charge < -0.3 is 10.1 Å². The van der Waals surface area contributed by atoms with E-state index in [9.17, 15) is 0 Å². The minimum atomic E-state index is 0.0868. The van der Waals surface area contributed by atoms with Gasteiger partial charge >= 0.3 is 0 Å². The second kappa shape index (κ2) is 6.20. The molecule has 0 amide bonds. The van der Waals surface area contributed by atoms with Crippen LogP contribution in [0.2, 0.25) is 0 Å². The van der Waals surface area contributed by atoms with Gasteiger partial charge in [-0.2, -0.15) is 0 Å². The number of aromatic nitrogens is 4. The van der Waals surface area contributed by atoms with Gasteiger partial charge in [0, 0.05) is 0 Å². The number of aryl methyl sites for hydroxylation is 2. The first-order valence-corrected chi connectivity index (χ1v) is 8.41. The summed E-state index contributed by atoms with van der Waals surface area (Å²) in [5.41, 5.74) is 5.03. The number of anilines is 1. The zero-order valence-electron chi connectivity index (χ0n) is 14.6. The van der Waals surface area contributed by atoms with Crippen molar-refractivity contribution in [2.24, 2.45) is 0 Å². The van der Waals surface area contributed by atoms with E-state index >= 15 is 0 Å². The number of nitrogens with zero attached hydrogens (tertiary/aromatic N) is 4. The Labute approximate surface area is 146 Å². The lowest BCUT2D eigenvalue weighted by Crippen LogP contribution is -2.28. The second-order valence-corrected chi connectivity index (χ2v) is 6.51. The molecule has 0 spiro atoms. The first kappa shape index (κ1) is 15.6. The molecule has 0 aliphatic carbocycles. The summed E-state index contributed by atoms with van der Waals surface area (Å²) in [5.74, 6) is 1.55. The van der Waals surface area contributed by atoms with Crippen molar-refractivity contribution in [1.82, 2.24) is 20.2 Å². The van der Waals surface area contributed by atoms with Crippen LogP contribution in [-0.2, 0) is 0 Å². The standard InChI is InChI=1S/C19H21N5O/c1-12-4-5-15(10-13(12)2)17-11-18(24-19(20-17)21-22-23-24)14-6-8-16(25-3)9-7-14/h4-10,17-18H,11H2,1-3H3,(H,20,21,23)/t17-,18+/m1/s1. The Balaban J connectivity index is 1.70. The van der Waals surface area contributed by atoms with Crippen molar-refractivity contribution >= 4 is 5.95 Å². The van der Waals surface area contributed by atoms with Gasteiger partial charge in [-0.15, -0.1) is 0 Å². The van der Waals surface area contributed by atoms with Gasteiger partial charge in [0.1, 0.15) is 5.75 Å². The molecule has 0 saturated carbocycles. The third-order valence-corrected chi connectivity index (χ3v) is 4.98. The monoisotopic (exact) mass is 335 g/mol. The van der Waals surface area contributed by atoms with E-state index in [0.29, 0.717) is 5.95 Å². The predicted octanol–water partition coefficient (Wildman–Crippen LogP) is 3.44. The van der Waals surface area contributed by atoms with E-state index in [2.05, 4.69) is 65.0 Å². The van der Waals surface area contributed by atoms with Crippen molar-refractivity contribution in [1.29, 1.82) is 0 Å². The Kier molecular flexibility index (Phi) is 3.87. The number of hydrogen-bond acceptors (Lipinski definition) is 5. The van der Waals surface area contributed by atoms with Crippen LogP contribution < -0.4 is 10.1 Å². The summed E-state index contributed by atoms with van der Waals surface area (Å²) in [6.07, 6.45) is 0.882. The minimum absolute atomic E-state index is 0.0868. The summed E-state index contributed by atoms with van der Waals surface area (Å²) < 4.78 is 7.13. The highest BCUT2D eigenvalue weighted by molar-refractivity contribution is 5.40. The van der Waals surface area contributed by atoms with Gasteiger partial charge in [-0.25, -0.2) is 4.68 Å². The van der Waals surface area contributed by atoms with Gasteiger partial charge in [-0.3, -0.25) is 0 Å². The molecule has 6 nitrogen and oxygen atoms in total. The predicted molar refractivity (Wildman–Crippen MR) is 95.8 cm³/mol. The molecule has 1 aliphatic heterocycles. The lowest BCUT2D eigenvalue weighted by Gasteiger charge is -2.31. The molecule has 4 rings (SSSR count). The minimum Gasteiger partial charge on any atom is -0.497 e. The molecule has 2 atom stereocenters. The maximum absolute atomic E-state index is 5.27. The maximum atomic E-state index is 5.27. The third-order valence-electron chi connectivity index (χ3n) is 4.98. The highest BCUT2D eigenvalue weighted by atomic mass is 16.5. The van der Waals surface area contributed by atoms with E-state index in [4.69, 9.17) is 4.74 Å². The third kappa shape index (κ3) is 2.84. The van der Waals surface area contributed by atoms with Crippen LogP contribution in [0.5, 0.6) is 5.75 Å². The Morgan fingerprint density at radius 2 is 1.80 bits per heavy atom. The van der Waals surface area contributed by atoms with Gasteiger partial charge in [0.25, 0.3) is 0 Å². The van der Waals surface area contributed by atoms with Crippen LogP contribution in [0.25, 0.3) is 0 Å². The molecule has 0 unspecified atom stereocenters. The molecule has 3 aromatic rings. The zero-order valence-corrected chi connectivity index (χ0v) is 14.6. The number of tetrazole rings is 1. The SMILES string of the molecule is COc1ccc([C@@H]2C[C@H](c3ccc(C)c(C)c3)Nc3nnnn32)cc1. The number of rotatable bonds is 3. The fourth-order valence-corrected chi connectivity index (χ4v) is 3.34. The van der Waals surface area contributed by atoms with E-state index < -0.39 is 0 Å². The first-order valence-electron chi connectivity index (χ1n) is 8.41. The molecule has 1 N–H and O–H groups in total. The number of benzene rings is 2. The first-order chi connectivity index (χ1) is 12.2. The summed E-state index contributed by atoms with van der Waals surface area (Å²) in [6.45, 7) is 4.28. The maximum Gasteiger partial charge on any atom is 0.243 e. The zero-order chi connectivity index (χ0) is 17.4. The lowest BCUT2D eigenvalue weighted by atomic mass is 9.92. The summed E-state index contributed by atoms with van der Waals surface area (Å²) >= 11 is 0. The molecule has 0 fully saturated rings. The summed E-state index contributed by atoms with van der Waals surface area (Å²) in [5, 5.41) is 15.6. The highest BCUT2D eigenvalue weighted by Crippen LogP contribution is 2.37. The number of fused-ring (bicyclic) bond motifs is 1. The van der Waals surface area contributed by atoms with Gasteiger partial charge in [0.15, 0.2) is 0 Å². The van der Waals surface area contributed by atoms with Crippen molar-refractivity contribution in [2.45, 2.75) is 32.4 Å². The summed E-state index contributed by atoms with van der Waals surface area (Å²) in [4.78, 5) is 0. The van der Waals surface area contributed by atoms with Crippen molar-refractivity contribution in [3.8, 4) is 5.75 Å². The van der Waals surface area contributed by atoms with Crippen LogP contribution in [-0.4, -0.2) is 27.3 Å². The fraction of sp³-hybridized carbons (Fsp3) is 0.316. The average molecular weight is 335 g/mol. The normalized spacial score (nSPS) is 19.2. The van der Waals surface area contributed by atoms with Gasteiger partial charge in [-0.05, 0) is 65.1 Å². The fourth-order valence-electron chi connectivity index (χ4n) is 3.34. The lowest BCUT2D eigenvalue weighted by molar-refractivity contribution is 0.410. The highest BCUT2D eigenvalue weighted by Gasteiger charge is 2.30. The van der Waals surface area contributed by atoms with E-state index in [0.717, 1.165) is 12.2 Å². The topological polar surface area (TPSA) is 64.9 Å². The number of methoxy groups -OCH3 is 1. The molecule has 1 aromatic heterocycles. The number of nitrogens with one attached hydrogen (secondary N) is 1. The van der Waals surface area contributed by atoms with Gasteiger partial charge in [-0.1, -0.05) is 35.4 Å². The van der Waals surface area contributed by atoms with E-state index in [1.54, 1.807) is 7.11 Å². The van der Waals surface area contributed by atoms with Crippen LogP contribution in [0, 0.1) is 13.8 Å². The van der Waals surface area contributed by atoms with Gasteiger partial charge in [0.2, 0.25) is 5.95 Å². The molecule has 2 aromatic carbocycles. The Morgan fingerprint density at radius 3 is 2.52 bits per heavy atom. The molecule has 25 heavy (non-hydrogen) atoms. The largest absolute Gasteiger partial charge is 0.497 e. The molecule has 0 radical (unpaired) electrons. The van der Waals surface area contributed by atoms with E-state index in [1.165, 1.54) is 22.3 Å². The Hall–Kier alpha value is -2.89. The molecular weight excluding hydrogens is 314 g/mol. The second-order valence-electron chi connectivity index (χ2n) is 6.51. The quantitative estimate of drug-likeness (QED) is 0.794. The smallest absolute Gasteiger partial charge is 0.243 e. The molecule has 0 bridgehead atoms. The summed E-state index contributed by atoms with van der Waals surface area (Å²) in [7, 11) is 1.68. The molecule has 0 saturated heterocycles. The molecule has 128 valence electrons. The van der Waals surface area contributed by atoms with Crippen LogP contribution >= 0.6 is 0 Å². The van der Waals surface area contributed by atoms with Crippen LogP contribution in [0.3, 0.4) is 0 Å². The molecule has 1 aliphatic rings. The molecular formula is C19H21N5O. The van der Waals surface area contributed by atoms with Crippen LogP contribution in [0.4, 0.5) is 5.95 Å². The molecule has 2 heterocycles. The number of ether oxygens (including phenoxy) is 1. The summed E-state index contributed by atoms with van der Waals surface area (Å²) in [6, 6.07) is 15.0. The Bertz CT molecular complexity index is 887. The number of hydrogen-bond donors (Lipinski definition) is 1. The van der Waals surface area contributed by atoms with E-state index in [-0.39, 0.29) is 12.1 Å². The van der Waals surface area contributed by atoms with Crippen LogP contribution in [0.15, 0.2) is 42.5 Å². The van der Waals surface area contributed by atoms with Crippen molar-refractivity contribution in [3.05, 3.63) is 64.7 Å². The molecule has 6 heteroatoms. The van der Waals surface area contributed by atoms with Crippen molar-refractivity contribution in [2.75, 3.05) is 12.4 Å². The Morgan fingerprint density at radius 1 is 1.04 bits per heavy atom. The van der Waals surface area contributed by atoms with Gasteiger partial charge in [0.05, 0.1) is 19.2 Å².